The highest BCUT2D eigenvalue weighted by atomic mass is 32.2. The first-order chi connectivity index (χ1) is 16.1. The van der Waals surface area contributed by atoms with Gasteiger partial charge in [-0.2, -0.15) is 0 Å². The van der Waals surface area contributed by atoms with Gasteiger partial charge in [0, 0.05) is 17.7 Å². The van der Waals surface area contributed by atoms with E-state index in [0.29, 0.717) is 11.2 Å². The van der Waals surface area contributed by atoms with Crippen molar-refractivity contribution in [2.45, 2.75) is 37.6 Å². The van der Waals surface area contributed by atoms with Gasteiger partial charge in [-0.05, 0) is 78.7 Å². The third-order valence-electron chi connectivity index (χ3n) is 6.42. The molecule has 3 N–H and O–H groups in total. The molecule has 33 heavy (non-hydrogen) atoms. The molecule has 0 amide bonds. The van der Waals surface area contributed by atoms with Crippen LogP contribution in [0.3, 0.4) is 0 Å². The van der Waals surface area contributed by atoms with E-state index in [1.807, 2.05) is 24.2 Å². The van der Waals surface area contributed by atoms with Crippen molar-refractivity contribution in [1.29, 1.82) is 0 Å². The minimum atomic E-state index is 0.186. The highest BCUT2D eigenvalue weighted by Crippen LogP contribution is 2.44. The molecule has 1 fully saturated rings. The molecular formula is C27H33N3O2S. The number of ether oxygens (including phenoxy) is 2. The first-order valence-corrected chi connectivity index (χ1v) is 12.1. The van der Waals surface area contributed by atoms with E-state index in [0.717, 1.165) is 30.0 Å². The summed E-state index contributed by atoms with van der Waals surface area (Å²) in [6.07, 6.45) is 18.2. The number of methoxy groups -OCH3 is 2. The second kappa shape index (κ2) is 10.4. The summed E-state index contributed by atoms with van der Waals surface area (Å²) in [6, 6.07) is 6.26. The van der Waals surface area contributed by atoms with Gasteiger partial charge in [0.25, 0.3) is 0 Å². The van der Waals surface area contributed by atoms with Crippen molar-refractivity contribution in [2.75, 3.05) is 20.8 Å². The first kappa shape index (κ1) is 23.3. The fourth-order valence-corrected chi connectivity index (χ4v) is 5.89. The molecule has 1 aliphatic carbocycles. The highest BCUT2D eigenvalue weighted by molar-refractivity contribution is 7.97. The average molecular weight is 464 g/mol. The summed E-state index contributed by atoms with van der Waals surface area (Å²) in [4.78, 5) is 0. The summed E-state index contributed by atoms with van der Waals surface area (Å²) in [5.41, 5.74) is 11.9. The summed E-state index contributed by atoms with van der Waals surface area (Å²) >= 11 is 1.92. The Morgan fingerprint density at radius 2 is 2.06 bits per heavy atom. The predicted octanol–water partition coefficient (Wildman–Crippen LogP) is 5.18. The molecule has 5 nitrogen and oxygen atoms in total. The van der Waals surface area contributed by atoms with Crippen LogP contribution >= 0.6 is 11.9 Å². The van der Waals surface area contributed by atoms with Crippen LogP contribution in [0.2, 0.25) is 0 Å². The standard InChI is InChI=1S/C27H33N3O2S/c1-5-22(18(2)16-28)19-8-11-21(12-9-19)33-30-17-24(23-7-6-14-29-27(23)30)20-10-13-25(31-3)26(15-20)32-4/h5-11,13-16,21,24,27,29H,12,17,28H2,1-4H3/b18-16-,22-5+. The molecular weight excluding hydrogens is 430 g/mol. The lowest BCUT2D eigenvalue weighted by atomic mass is 9.91. The number of rotatable bonds is 7. The number of nitrogens with two attached hydrogens (primary N) is 1. The molecule has 1 aromatic carbocycles. The van der Waals surface area contributed by atoms with Crippen LogP contribution in [-0.4, -0.2) is 36.5 Å². The van der Waals surface area contributed by atoms with Crippen molar-refractivity contribution >= 4 is 11.9 Å². The molecule has 3 aliphatic rings. The Balaban J connectivity index is 1.50. The van der Waals surface area contributed by atoms with Crippen molar-refractivity contribution < 1.29 is 9.47 Å². The highest BCUT2D eigenvalue weighted by Gasteiger charge is 2.39. The smallest absolute Gasteiger partial charge is 0.161 e. The lowest BCUT2D eigenvalue weighted by molar-refractivity contribution is 0.354. The Morgan fingerprint density at radius 1 is 1.24 bits per heavy atom. The van der Waals surface area contributed by atoms with Gasteiger partial charge in [-0.15, -0.1) is 0 Å². The molecule has 3 unspecified atom stereocenters. The molecule has 6 heteroatoms. The third-order valence-corrected chi connectivity index (χ3v) is 7.67. The number of hydrogen-bond donors (Lipinski definition) is 2. The number of dihydropyridines is 1. The topological polar surface area (TPSA) is 59.8 Å². The SMILES string of the molecule is C/C=C(C1=CCC(SN2CC(c3ccc(OC)c(OC)c3)C3=CC=CNC32)C=C1)\C(C)=C/N. The van der Waals surface area contributed by atoms with Crippen molar-refractivity contribution in [3.8, 4) is 11.5 Å². The average Bonchev–Trinajstić information content (AvgIpc) is 3.23. The first-order valence-electron chi connectivity index (χ1n) is 11.3. The van der Waals surface area contributed by atoms with Crippen LogP contribution in [0.4, 0.5) is 0 Å². The summed E-state index contributed by atoms with van der Waals surface area (Å²) in [5.74, 6) is 1.82. The van der Waals surface area contributed by atoms with Gasteiger partial charge in [-0.1, -0.05) is 48.4 Å². The molecule has 174 valence electrons. The van der Waals surface area contributed by atoms with Gasteiger partial charge in [-0.3, -0.25) is 0 Å². The number of hydrogen-bond acceptors (Lipinski definition) is 6. The summed E-state index contributed by atoms with van der Waals surface area (Å²) in [5, 5.41) is 3.96. The van der Waals surface area contributed by atoms with Gasteiger partial charge in [-0.25, -0.2) is 4.31 Å². The van der Waals surface area contributed by atoms with Crippen LogP contribution in [0.1, 0.15) is 31.7 Å². The summed E-state index contributed by atoms with van der Waals surface area (Å²) in [7, 11) is 3.36. The Hall–Kier alpha value is -2.83. The van der Waals surface area contributed by atoms with Gasteiger partial charge < -0.3 is 20.5 Å². The quantitative estimate of drug-likeness (QED) is 0.429. The Morgan fingerprint density at radius 3 is 2.73 bits per heavy atom. The Kier molecular flexibility index (Phi) is 7.36. The van der Waals surface area contributed by atoms with Crippen LogP contribution in [0.5, 0.6) is 11.5 Å². The number of nitrogens with zero attached hydrogens (tertiary/aromatic N) is 1. The maximum Gasteiger partial charge on any atom is 0.161 e. The predicted molar refractivity (Wildman–Crippen MR) is 138 cm³/mol. The number of benzene rings is 1. The van der Waals surface area contributed by atoms with Crippen LogP contribution in [0.25, 0.3) is 0 Å². The van der Waals surface area contributed by atoms with E-state index >= 15 is 0 Å². The Bertz CT molecular complexity index is 1070. The zero-order valence-electron chi connectivity index (χ0n) is 19.7. The maximum atomic E-state index is 5.75. The van der Waals surface area contributed by atoms with Crippen molar-refractivity contribution in [1.82, 2.24) is 9.62 Å². The van der Waals surface area contributed by atoms with Crippen molar-refractivity contribution in [2.24, 2.45) is 5.73 Å². The van der Waals surface area contributed by atoms with Gasteiger partial charge >= 0.3 is 0 Å². The van der Waals surface area contributed by atoms with Gasteiger partial charge in [0.15, 0.2) is 11.5 Å². The lowest BCUT2D eigenvalue weighted by Gasteiger charge is -2.29. The molecule has 0 radical (unpaired) electrons. The lowest BCUT2D eigenvalue weighted by Crippen LogP contribution is -2.37. The molecule has 1 aromatic rings. The zero-order chi connectivity index (χ0) is 23.4. The second-order valence-corrected chi connectivity index (χ2v) is 9.60. The molecule has 1 saturated heterocycles. The van der Waals surface area contributed by atoms with Crippen molar-refractivity contribution in [3.05, 3.63) is 94.9 Å². The summed E-state index contributed by atoms with van der Waals surface area (Å²) < 4.78 is 13.5. The molecule has 3 atom stereocenters. The molecule has 0 saturated carbocycles. The molecule has 0 spiro atoms. The van der Waals surface area contributed by atoms with E-state index < -0.39 is 0 Å². The number of fused-ring (bicyclic) bond motifs is 1. The molecule has 0 bridgehead atoms. The van der Waals surface area contributed by atoms with Crippen LogP contribution in [0, 0.1) is 0 Å². The van der Waals surface area contributed by atoms with E-state index in [-0.39, 0.29) is 6.17 Å². The fourth-order valence-electron chi connectivity index (χ4n) is 4.68. The van der Waals surface area contributed by atoms with Gasteiger partial charge in [0.2, 0.25) is 0 Å². The Labute approximate surface area is 201 Å². The molecule has 0 aromatic heterocycles. The van der Waals surface area contributed by atoms with Crippen LogP contribution < -0.4 is 20.5 Å². The van der Waals surface area contributed by atoms with Gasteiger partial charge in [0.1, 0.15) is 6.17 Å². The van der Waals surface area contributed by atoms with Crippen LogP contribution in [-0.2, 0) is 0 Å². The largest absolute Gasteiger partial charge is 0.493 e. The zero-order valence-corrected chi connectivity index (χ0v) is 20.6. The monoisotopic (exact) mass is 463 g/mol. The maximum absolute atomic E-state index is 5.75. The van der Waals surface area contributed by atoms with E-state index in [4.69, 9.17) is 15.2 Å². The fraction of sp³-hybridized carbons (Fsp3) is 0.333. The minimum absolute atomic E-state index is 0.186. The van der Waals surface area contributed by atoms with E-state index in [2.05, 4.69) is 72.1 Å². The van der Waals surface area contributed by atoms with Crippen LogP contribution in [0.15, 0.2) is 89.3 Å². The molecule has 2 heterocycles. The minimum Gasteiger partial charge on any atom is -0.493 e. The van der Waals surface area contributed by atoms with Crippen molar-refractivity contribution in [3.63, 3.8) is 0 Å². The molecule has 4 rings (SSSR count). The second-order valence-electron chi connectivity index (χ2n) is 8.31. The van der Waals surface area contributed by atoms with E-state index in [9.17, 15) is 0 Å². The molecule has 2 aliphatic heterocycles. The normalized spacial score (nSPS) is 25.3. The van der Waals surface area contributed by atoms with E-state index in [1.54, 1.807) is 20.4 Å². The number of allylic oxidation sites excluding steroid dienone is 8. The number of nitrogens with one attached hydrogen (secondary N) is 1. The van der Waals surface area contributed by atoms with E-state index in [1.165, 1.54) is 22.3 Å². The third kappa shape index (κ3) is 4.77. The van der Waals surface area contributed by atoms with Gasteiger partial charge in [0.05, 0.1) is 14.2 Å². The summed E-state index contributed by atoms with van der Waals surface area (Å²) in [6.45, 7) is 5.05.